The van der Waals surface area contributed by atoms with Gasteiger partial charge in [-0.05, 0) is 163 Å². The van der Waals surface area contributed by atoms with Crippen molar-refractivity contribution >= 4 is 24.3 Å². The molecule has 0 radical (unpaired) electrons. The van der Waals surface area contributed by atoms with Gasteiger partial charge in [0.15, 0.2) is 0 Å². The van der Waals surface area contributed by atoms with E-state index in [2.05, 4.69) is 234 Å². The molecule has 0 aromatic heterocycles. The van der Waals surface area contributed by atoms with Gasteiger partial charge in [0.05, 0.1) is 0 Å². The monoisotopic (exact) mass is 958 g/mol. The van der Waals surface area contributed by atoms with Crippen molar-refractivity contribution in [2.75, 3.05) is 0 Å². The Balaban J connectivity index is 0.864. The maximum Gasteiger partial charge on any atom is 0.123 e. The topological polar surface area (TPSA) is 18.5 Å². The Morgan fingerprint density at radius 2 is 0.608 bits per heavy atom. The fourth-order valence-corrected chi connectivity index (χ4v) is 11.9. The second kappa shape index (κ2) is 20.2. The Labute approximate surface area is 438 Å². The molecule has 11 rings (SSSR count). The van der Waals surface area contributed by atoms with Gasteiger partial charge in [0.25, 0.3) is 0 Å². The minimum atomic E-state index is -0.293. The Morgan fingerprint density at radius 3 is 0.919 bits per heavy atom. The summed E-state index contributed by atoms with van der Waals surface area (Å²) in [6.07, 6.45) is 11.1. The van der Waals surface area contributed by atoms with Crippen LogP contribution in [0, 0.1) is 13.8 Å². The first-order valence-corrected chi connectivity index (χ1v) is 25.9. The van der Waals surface area contributed by atoms with Crippen molar-refractivity contribution in [3.05, 3.63) is 309 Å². The summed E-state index contributed by atoms with van der Waals surface area (Å²) in [6, 6.07) is 71.7. The van der Waals surface area contributed by atoms with Gasteiger partial charge in [0.2, 0.25) is 0 Å². The van der Waals surface area contributed by atoms with Gasteiger partial charge in [0.1, 0.15) is 24.7 Å². The fraction of sp³-hybridized carbons (Fsp3) is 0.139. The molecule has 0 atom stereocenters. The van der Waals surface area contributed by atoms with E-state index in [1.807, 2.05) is 24.3 Å². The molecule has 9 aromatic carbocycles. The molecule has 0 saturated heterocycles. The molecule has 0 amide bonds. The van der Waals surface area contributed by atoms with Crippen LogP contribution in [0.3, 0.4) is 0 Å². The quantitative estimate of drug-likeness (QED) is 0.0853. The second-order valence-electron chi connectivity index (χ2n) is 20.5. The van der Waals surface area contributed by atoms with Crippen LogP contribution in [0.25, 0.3) is 46.6 Å². The molecule has 0 heterocycles. The van der Waals surface area contributed by atoms with Crippen LogP contribution < -0.4 is 9.47 Å². The number of hydrogen-bond donors (Lipinski definition) is 0. The molecule has 0 N–H and O–H groups in total. The minimum absolute atomic E-state index is 0.293. The smallest absolute Gasteiger partial charge is 0.123 e. The highest BCUT2D eigenvalue weighted by atomic mass is 16.5. The summed E-state index contributed by atoms with van der Waals surface area (Å²) in [7, 11) is 0. The predicted molar refractivity (Wildman–Crippen MR) is 311 cm³/mol. The van der Waals surface area contributed by atoms with Crippen molar-refractivity contribution in [1.82, 2.24) is 0 Å². The lowest BCUT2D eigenvalue weighted by atomic mass is 9.69. The molecular formula is C72H62O2. The third kappa shape index (κ3) is 9.07. The first kappa shape index (κ1) is 47.8. The van der Waals surface area contributed by atoms with Gasteiger partial charge in [-0.1, -0.05) is 233 Å². The van der Waals surface area contributed by atoms with Crippen LogP contribution in [0.2, 0.25) is 0 Å². The van der Waals surface area contributed by atoms with Crippen LogP contribution in [0.1, 0.15) is 89.0 Å². The lowest BCUT2D eigenvalue weighted by Gasteiger charge is -2.33. The maximum absolute atomic E-state index is 6.76. The molecule has 0 fully saturated rings. The summed E-state index contributed by atoms with van der Waals surface area (Å²) in [6.45, 7) is 21.1. The number of hydrogen-bond acceptors (Lipinski definition) is 2. The zero-order valence-electron chi connectivity index (χ0n) is 42.7. The highest BCUT2D eigenvalue weighted by molar-refractivity contribution is 5.83. The van der Waals surface area contributed by atoms with Gasteiger partial charge in [-0.25, -0.2) is 0 Å². The highest BCUT2D eigenvalue weighted by Gasteiger charge is 2.45. The van der Waals surface area contributed by atoms with E-state index in [1.54, 1.807) is 0 Å². The average Bonchev–Trinajstić information content (AvgIpc) is 3.86. The van der Waals surface area contributed by atoms with E-state index in [0.717, 1.165) is 81.7 Å². The average molecular weight is 959 g/mol. The van der Waals surface area contributed by atoms with E-state index in [1.165, 1.54) is 66.8 Å². The van der Waals surface area contributed by atoms with Crippen LogP contribution in [0.15, 0.2) is 220 Å². The number of benzene rings is 9. The summed E-state index contributed by atoms with van der Waals surface area (Å²) in [5.74, 6) is 1.72. The fourth-order valence-electron chi connectivity index (χ4n) is 11.9. The second-order valence-corrected chi connectivity index (χ2v) is 20.5. The molecule has 0 aliphatic heterocycles. The SMILES string of the molecule is C=Cc1ccc(CC2(Cc3ccc(C=C)cc3)c3ccccc3-c3ccc(COc4cc(C)c(OCc5ccc6c(c5)C(Cc5ccc(C=C)cc5)(Cc5ccc(C=C)cc5)c5ccccc5-6)cc4C)cc32)cc1. The molecule has 2 aliphatic rings. The van der Waals surface area contributed by atoms with Crippen LogP contribution >= 0.6 is 0 Å². The van der Waals surface area contributed by atoms with Crippen molar-refractivity contribution in [2.24, 2.45) is 0 Å². The molecular weight excluding hydrogens is 897 g/mol. The summed E-state index contributed by atoms with van der Waals surface area (Å²) in [5, 5.41) is 0. The van der Waals surface area contributed by atoms with Gasteiger partial charge >= 0.3 is 0 Å². The van der Waals surface area contributed by atoms with Crippen molar-refractivity contribution in [2.45, 2.75) is 63.6 Å². The molecule has 0 unspecified atom stereocenters. The normalized spacial score (nSPS) is 13.2. The standard InChI is InChI=1S/C72H62O2/c1-7-51-19-27-55(28-20-51)43-71(44-56-29-21-52(8-2)22-30-56)65-17-13-11-15-61(65)63-37-35-59(41-67(63)71)47-73-69-39-50(6)70(40-49(69)5)74-48-60-36-38-64-62-16-12-14-18-66(62)72(68(64)42-60,45-57-31-23-53(9-3)24-32-57)46-58-33-25-54(10-4)26-34-58/h7-42H,1-4,43-48H2,5-6H3. The summed E-state index contributed by atoms with van der Waals surface area (Å²) >= 11 is 0. The minimum Gasteiger partial charge on any atom is -0.489 e. The van der Waals surface area contributed by atoms with E-state index in [9.17, 15) is 0 Å². The number of rotatable bonds is 18. The summed E-state index contributed by atoms with van der Waals surface area (Å²) in [5.41, 5.74) is 24.0. The van der Waals surface area contributed by atoms with Crippen LogP contribution in [-0.4, -0.2) is 0 Å². The Bertz CT molecular complexity index is 3220. The largest absolute Gasteiger partial charge is 0.489 e. The molecule has 0 spiro atoms. The Kier molecular flexibility index (Phi) is 13.1. The lowest BCUT2D eigenvalue weighted by molar-refractivity contribution is 0.293. The van der Waals surface area contributed by atoms with Gasteiger partial charge in [0, 0.05) is 10.8 Å². The third-order valence-corrected chi connectivity index (χ3v) is 15.8. The predicted octanol–water partition coefficient (Wildman–Crippen LogP) is 17.5. The Hall–Kier alpha value is -8.46. The molecule has 2 heteroatoms. The van der Waals surface area contributed by atoms with Gasteiger partial charge in [-0.15, -0.1) is 0 Å². The molecule has 2 nitrogen and oxygen atoms in total. The van der Waals surface area contributed by atoms with E-state index in [-0.39, 0.29) is 10.8 Å². The van der Waals surface area contributed by atoms with E-state index in [0.29, 0.717) is 13.2 Å². The first-order chi connectivity index (χ1) is 36.2. The molecule has 0 saturated carbocycles. The molecule has 9 aromatic rings. The number of fused-ring (bicyclic) bond motifs is 6. The van der Waals surface area contributed by atoms with Crippen molar-refractivity contribution in [3.63, 3.8) is 0 Å². The summed E-state index contributed by atoms with van der Waals surface area (Å²) < 4.78 is 13.5. The van der Waals surface area contributed by atoms with Crippen LogP contribution in [0.5, 0.6) is 11.5 Å². The zero-order chi connectivity index (χ0) is 50.8. The van der Waals surface area contributed by atoms with Crippen molar-refractivity contribution < 1.29 is 9.47 Å². The van der Waals surface area contributed by atoms with Gasteiger partial charge < -0.3 is 9.47 Å². The molecule has 0 bridgehead atoms. The third-order valence-electron chi connectivity index (χ3n) is 15.8. The van der Waals surface area contributed by atoms with Crippen LogP contribution in [-0.2, 0) is 49.7 Å². The van der Waals surface area contributed by atoms with Crippen molar-refractivity contribution in [3.8, 4) is 33.8 Å². The summed E-state index contributed by atoms with van der Waals surface area (Å²) in [4.78, 5) is 0. The van der Waals surface area contributed by atoms with E-state index < -0.39 is 0 Å². The highest BCUT2D eigenvalue weighted by Crippen LogP contribution is 2.54. The van der Waals surface area contributed by atoms with E-state index >= 15 is 0 Å². The Morgan fingerprint density at radius 1 is 0.324 bits per heavy atom. The number of ether oxygens (including phenoxy) is 2. The lowest BCUT2D eigenvalue weighted by Crippen LogP contribution is -2.31. The van der Waals surface area contributed by atoms with Gasteiger partial charge in [-0.2, -0.15) is 0 Å². The maximum atomic E-state index is 6.76. The molecule has 362 valence electrons. The van der Waals surface area contributed by atoms with E-state index in [4.69, 9.17) is 9.47 Å². The zero-order valence-corrected chi connectivity index (χ0v) is 42.7. The molecule has 2 aliphatic carbocycles. The first-order valence-electron chi connectivity index (χ1n) is 25.9. The van der Waals surface area contributed by atoms with Crippen molar-refractivity contribution in [1.29, 1.82) is 0 Å². The van der Waals surface area contributed by atoms with Gasteiger partial charge in [-0.3, -0.25) is 0 Å². The molecule has 74 heavy (non-hydrogen) atoms. The van der Waals surface area contributed by atoms with Crippen LogP contribution in [0.4, 0.5) is 0 Å². The number of aryl methyl sites for hydroxylation is 2.